The number of rotatable bonds is 7. The van der Waals surface area contributed by atoms with Gasteiger partial charge >= 0.3 is 11.9 Å². The molecule has 0 spiro atoms. The molecule has 8 nitrogen and oxygen atoms in total. The van der Waals surface area contributed by atoms with Crippen LogP contribution in [0.2, 0.25) is 0 Å². The molecule has 1 aliphatic rings. The molecule has 0 radical (unpaired) electrons. The Morgan fingerprint density at radius 2 is 1.62 bits per heavy atom. The van der Waals surface area contributed by atoms with E-state index in [2.05, 4.69) is 5.32 Å². The average Bonchev–Trinajstić information content (AvgIpc) is 2.66. The number of nitro groups is 1. The summed E-state index contributed by atoms with van der Waals surface area (Å²) in [5.41, 5.74) is 1.91. The first kappa shape index (κ1) is 22.5. The van der Waals surface area contributed by atoms with Gasteiger partial charge in [-0.2, -0.15) is 0 Å². The maximum absolute atomic E-state index is 12.8. The molecule has 0 bridgehead atoms. The lowest BCUT2D eigenvalue weighted by Gasteiger charge is -2.31. The van der Waals surface area contributed by atoms with E-state index in [9.17, 15) is 19.7 Å². The van der Waals surface area contributed by atoms with Gasteiger partial charge in [0.05, 0.1) is 40.1 Å². The fraction of sp³-hybridized carbons (Fsp3) is 0.400. The summed E-state index contributed by atoms with van der Waals surface area (Å²) < 4.78 is 10.5. The van der Waals surface area contributed by atoms with Crippen molar-refractivity contribution in [2.24, 2.45) is 0 Å². The zero-order valence-electron chi connectivity index (χ0n) is 17.0. The molecule has 29 heavy (non-hydrogen) atoms. The van der Waals surface area contributed by atoms with E-state index in [0.29, 0.717) is 21.9 Å². The average molecular weight is 420 g/mol. The normalized spacial score (nSPS) is 14.5. The molecule has 0 atom stereocenters. The van der Waals surface area contributed by atoms with Gasteiger partial charge in [0.2, 0.25) is 0 Å². The molecule has 9 heteroatoms. The van der Waals surface area contributed by atoms with E-state index in [0.717, 1.165) is 0 Å². The third-order valence-electron chi connectivity index (χ3n) is 4.49. The summed E-state index contributed by atoms with van der Waals surface area (Å²) in [7, 11) is 0. The Balaban J connectivity index is 2.82. The predicted octanol–water partition coefficient (Wildman–Crippen LogP) is 3.68. The second-order valence-corrected chi connectivity index (χ2v) is 7.05. The Morgan fingerprint density at radius 3 is 2.03 bits per heavy atom. The molecule has 0 saturated heterocycles. The van der Waals surface area contributed by atoms with Crippen LogP contribution < -0.4 is 5.32 Å². The lowest BCUT2D eigenvalue weighted by molar-refractivity contribution is -0.387. The van der Waals surface area contributed by atoms with Crippen molar-refractivity contribution in [3.8, 4) is 0 Å². The summed E-state index contributed by atoms with van der Waals surface area (Å²) in [4.78, 5) is 37.1. The summed E-state index contributed by atoms with van der Waals surface area (Å²) >= 11 is 1.19. The van der Waals surface area contributed by atoms with Crippen LogP contribution in [-0.2, 0) is 19.1 Å². The molecule has 1 aromatic carbocycles. The van der Waals surface area contributed by atoms with Gasteiger partial charge in [0, 0.05) is 17.5 Å². The van der Waals surface area contributed by atoms with Crippen molar-refractivity contribution >= 4 is 29.4 Å². The Labute approximate surface area is 173 Å². The Morgan fingerprint density at radius 1 is 1.10 bits per heavy atom. The molecule has 0 amide bonds. The van der Waals surface area contributed by atoms with E-state index in [1.54, 1.807) is 46.1 Å². The maximum Gasteiger partial charge on any atom is 0.336 e. The van der Waals surface area contributed by atoms with Crippen LogP contribution in [0.4, 0.5) is 5.69 Å². The molecule has 1 aromatic rings. The van der Waals surface area contributed by atoms with Crippen molar-refractivity contribution in [1.29, 1.82) is 0 Å². The zero-order chi connectivity index (χ0) is 21.7. The van der Waals surface area contributed by atoms with E-state index in [1.165, 1.54) is 17.8 Å². The number of nitrogens with one attached hydrogen (secondary N) is 1. The number of carbonyl (C=O) groups excluding carboxylic acids is 2. The van der Waals surface area contributed by atoms with Crippen LogP contribution in [0.5, 0.6) is 0 Å². The third kappa shape index (κ3) is 4.45. The predicted molar refractivity (Wildman–Crippen MR) is 109 cm³/mol. The Hall–Kier alpha value is -2.81. The molecule has 1 aliphatic heterocycles. The zero-order valence-corrected chi connectivity index (χ0v) is 17.8. The first-order valence-electron chi connectivity index (χ1n) is 9.12. The SMILES string of the molecule is CCOC(=O)C1=C(C)NC(C)=C(C(=O)OCC)C1c1cccc([N+](=O)[O-])c1SC. The number of allylic oxidation sites excluding steroid dienone is 2. The number of nitro benzene ring substituents is 1. The largest absolute Gasteiger partial charge is 0.463 e. The second-order valence-electron chi connectivity index (χ2n) is 6.23. The van der Waals surface area contributed by atoms with Crippen LogP contribution in [0.3, 0.4) is 0 Å². The standard InChI is InChI=1S/C20H24N2O6S/c1-6-27-19(23)15-11(3)21-12(4)16(20(24)28-7-2)17(15)13-9-8-10-14(22(25)26)18(13)29-5/h8-10,17,21H,6-7H2,1-5H3. The lowest BCUT2D eigenvalue weighted by atomic mass is 9.80. The van der Waals surface area contributed by atoms with Gasteiger partial charge in [0.1, 0.15) is 0 Å². The summed E-state index contributed by atoms with van der Waals surface area (Å²) in [5, 5.41) is 14.6. The molecular weight excluding hydrogens is 396 g/mol. The highest BCUT2D eigenvalue weighted by Gasteiger charge is 2.40. The number of benzene rings is 1. The highest BCUT2D eigenvalue weighted by atomic mass is 32.2. The van der Waals surface area contributed by atoms with Crippen LogP contribution >= 0.6 is 11.8 Å². The fourth-order valence-electron chi connectivity index (χ4n) is 3.40. The van der Waals surface area contributed by atoms with Crippen molar-refractivity contribution in [2.75, 3.05) is 19.5 Å². The summed E-state index contributed by atoms with van der Waals surface area (Å²) in [6, 6.07) is 4.64. The highest BCUT2D eigenvalue weighted by molar-refractivity contribution is 7.98. The van der Waals surface area contributed by atoms with Crippen molar-refractivity contribution in [1.82, 2.24) is 5.32 Å². The molecule has 0 saturated carbocycles. The van der Waals surface area contributed by atoms with Gasteiger partial charge in [-0.15, -0.1) is 11.8 Å². The van der Waals surface area contributed by atoms with Crippen molar-refractivity contribution < 1.29 is 24.0 Å². The molecule has 0 aliphatic carbocycles. The smallest absolute Gasteiger partial charge is 0.336 e. The van der Waals surface area contributed by atoms with Crippen molar-refractivity contribution in [3.05, 3.63) is 56.4 Å². The van der Waals surface area contributed by atoms with Crippen LogP contribution in [-0.4, -0.2) is 36.3 Å². The number of hydrogen-bond acceptors (Lipinski definition) is 8. The Bertz CT molecular complexity index is 866. The minimum Gasteiger partial charge on any atom is -0.463 e. The highest BCUT2D eigenvalue weighted by Crippen LogP contribution is 2.44. The summed E-state index contributed by atoms with van der Waals surface area (Å²) in [5.74, 6) is -2.03. The van der Waals surface area contributed by atoms with Crippen LogP contribution in [0.15, 0.2) is 45.6 Å². The quantitative estimate of drug-likeness (QED) is 0.308. The first-order chi connectivity index (χ1) is 13.8. The van der Waals surface area contributed by atoms with Gasteiger partial charge < -0.3 is 14.8 Å². The van der Waals surface area contributed by atoms with Crippen LogP contribution in [0.25, 0.3) is 0 Å². The van der Waals surface area contributed by atoms with Gasteiger partial charge in [0.15, 0.2) is 0 Å². The number of esters is 2. The number of nitrogens with zero attached hydrogens (tertiary/aromatic N) is 1. The molecular formula is C20H24N2O6S. The fourth-order valence-corrected chi connectivity index (χ4v) is 4.17. The number of carbonyl (C=O) groups is 2. The first-order valence-corrected chi connectivity index (χ1v) is 10.3. The monoisotopic (exact) mass is 420 g/mol. The number of thioether (sulfide) groups is 1. The molecule has 0 aromatic heterocycles. The second kappa shape index (κ2) is 9.60. The van der Waals surface area contributed by atoms with E-state index in [1.807, 2.05) is 0 Å². The van der Waals surface area contributed by atoms with Gasteiger partial charge in [-0.3, -0.25) is 10.1 Å². The molecule has 0 unspecified atom stereocenters. The topological polar surface area (TPSA) is 108 Å². The number of ether oxygens (including phenoxy) is 2. The number of dihydropyridines is 1. The van der Waals surface area contributed by atoms with Gasteiger partial charge in [-0.05, 0) is 39.5 Å². The summed E-state index contributed by atoms with van der Waals surface area (Å²) in [6.07, 6.45) is 1.72. The van der Waals surface area contributed by atoms with E-state index in [-0.39, 0.29) is 30.0 Å². The van der Waals surface area contributed by atoms with E-state index >= 15 is 0 Å². The van der Waals surface area contributed by atoms with Crippen LogP contribution in [0, 0.1) is 10.1 Å². The van der Waals surface area contributed by atoms with Crippen molar-refractivity contribution in [2.45, 2.75) is 38.5 Å². The minimum atomic E-state index is -0.850. The maximum atomic E-state index is 12.8. The molecule has 156 valence electrons. The van der Waals surface area contributed by atoms with E-state index in [4.69, 9.17) is 9.47 Å². The third-order valence-corrected chi connectivity index (χ3v) is 5.34. The van der Waals surface area contributed by atoms with Crippen molar-refractivity contribution in [3.63, 3.8) is 0 Å². The number of hydrogen-bond donors (Lipinski definition) is 1. The van der Waals surface area contributed by atoms with Gasteiger partial charge in [-0.1, -0.05) is 12.1 Å². The molecule has 1 heterocycles. The molecule has 2 rings (SSSR count). The van der Waals surface area contributed by atoms with Gasteiger partial charge in [0.25, 0.3) is 5.69 Å². The van der Waals surface area contributed by atoms with E-state index < -0.39 is 22.8 Å². The van der Waals surface area contributed by atoms with Crippen LogP contribution in [0.1, 0.15) is 39.2 Å². The minimum absolute atomic E-state index is 0.0877. The van der Waals surface area contributed by atoms with Gasteiger partial charge in [-0.25, -0.2) is 9.59 Å². The summed E-state index contributed by atoms with van der Waals surface area (Å²) in [6.45, 7) is 7.11. The molecule has 1 N–H and O–H groups in total. The Kier molecular flexibility index (Phi) is 7.44. The lowest BCUT2D eigenvalue weighted by Crippen LogP contribution is -2.32. The molecule has 0 fully saturated rings.